The van der Waals surface area contributed by atoms with Crippen LogP contribution >= 0.6 is 0 Å². The highest BCUT2D eigenvalue weighted by Crippen LogP contribution is 2.36. The highest BCUT2D eigenvalue weighted by Gasteiger charge is 2.30. The van der Waals surface area contributed by atoms with Crippen LogP contribution in [0.25, 0.3) is 0 Å². The van der Waals surface area contributed by atoms with Gasteiger partial charge in [0.1, 0.15) is 29.3 Å². The van der Waals surface area contributed by atoms with E-state index < -0.39 is 41.5 Å². The minimum atomic E-state index is -0.913. The van der Waals surface area contributed by atoms with E-state index in [1.54, 1.807) is 33.8 Å². The molecule has 0 bridgehead atoms. The molecular formula is C24H30FNO5. The third-order valence-corrected chi connectivity index (χ3v) is 4.55. The topological polar surface area (TPSA) is 73.9 Å². The summed E-state index contributed by atoms with van der Waals surface area (Å²) < 4.78 is 30.0. The standard InChI is InChI=1S/C24H30FNO5/c1-15(26-23(28)31-24(3,4)5)22(27)30-16(2)21(17-10-8-7-9-11-17)19-13-12-18(25)14-20(19)29-6/h7-16,21H,1-6H3,(H,26,28)/t15-,16-,21-/m0/s1. The number of ether oxygens (including phenoxy) is 3. The van der Waals surface area contributed by atoms with E-state index in [1.165, 1.54) is 26.2 Å². The van der Waals surface area contributed by atoms with Gasteiger partial charge in [-0.2, -0.15) is 0 Å². The van der Waals surface area contributed by atoms with Crippen molar-refractivity contribution in [3.63, 3.8) is 0 Å². The van der Waals surface area contributed by atoms with Crippen LogP contribution in [0.5, 0.6) is 5.75 Å². The molecule has 0 aliphatic heterocycles. The van der Waals surface area contributed by atoms with Crippen molar-refractivity contribution >= 4 is 12.1 Å². The van der Waals surface area contributed by atoms with E-state index >= 15 is 0 Å². The maximum Gasteiger partial charge on any atom is 0.408 e. The van der Waals surface area contributed by atoms with Crippen molar-refractivity contribution in [2.75, 3.05) is 7.11 Å². The van der Waals surface area contributed by atoms with Gasteiger partial charge in [-0.05, 0) is 46.2 Å². The molecule has 2 aromatic rings. The maximum atomic E-state index is 13.7. The van der Waals surface area contributed by atoms with Crippen molar-refractivity contribution in [2.45, 2.75) is 58.3 Å². The van der Waals surface area contributed by atoms with E-state index in [2.05, 4.69) is 5.32 Å². The lowest BCUT2D eigenvalue weighted by molar-refractivity contribution is -0.150. The molecule has 0 aliphatic rings. The molecule has 0 heterocycles. The molecular weight excluding hydrogens is 401 g/mol. The highest BCUT2D eigenvalue weighted by molar-refractivity contribution is 5.81. The summed E-state index contributed by atoms with van der Waals surface area (Å²) in [5.74, 6) is -1.08. The number of esters is 1. The van der Waals surface area contributed by atoms with E-state index in [0.717, 1.165) is 5.56 Å². The number of carbonyl (C=O) groups excluding carboxylic acids is 2. The number of carbonyl (C=O) groups is 2. The number of hydrogen-bond donors (Lipinski definition) is 1. The van der Waals surface area contributed by atoms with Crippen molar-refractivity contribution in [3.05, 3.63) is 65.5 Å². The molecule has 168 valence electrons. The largest absolute Gasteiger partial charge is 0.496 e. The summed E-state index contributed by atoms with van der Waals surface area (Å²) in [6.07, 6.45) is -1.33. The Labute approximate surface area is 182 Å². The summed E-state index contributed by atoms with van der Waals surface area (Å²) in [6, 6.07) is 12.8. The Morgan fingerprint density at radius 2 is 1.68 bits per heavy atom. The third-order valence-electron chi connectivity index (χ3n) is 4.55. The van der Waals surface area contributed by atoms with Crippen LogP contribution in [-0.2, 0) is 14.3 Å². The van der Waals surface area contributed by atoms with Gasteiger partial charge in [-0.1, -0.05) is 36.4 Å². The smallest absolute Gasteiger partial charge is 0.408 e. The molecule has 3 atom stereocenters. The van der Waals surface area contributed by atoms with Crippen LogP contribution in [0.2, 0.25) is 0 Å². The Kier molecular flexibility index (Phi) is 8.02. The Balaban J connectivity index is 2.24. The van der Waals surface area contributed by atoms with Crippen LogP contribution in [0.1, 0.15) is 51.7 Å². The van der Waals surface area contributed by atoms with Crippen molar-refractivity contribution in [1.82, 2.24) is 5.32 Å². The SMILES string of the molecule is COc1cc(F)ccc1[C@H](c1ccccc1)[C@H](C)OC(=O)[C@H](C)NC(=O)OC(C)(C)C. The zero-order chi connectivity index (χ0) is 23.2. The van der Waals surface area contributed by atoms with Crippen LogP contribution in [0.15, 0.2) is 48.5 Å². The summed E-state index contributed by atoms with van der Waals surface area (Å²) in [6.45, 7) is 8.47. The van der Waals surface area contributed by atoms with Crippen LogP contribution in [0, 0.1) is 5.82 Å². The van der Waals surface area contributed by atoms with E-state index in [-0.39, 0.29) is 0 Å². The van der Waals surface area contributed by atoms with Gasteiger partial charge in [0.25, 0.3) is 0 Å². The monoisotopic (exact) mass is 431 g/mol. The predicted octanol–water partition coefficient (Wildman–Crippen LogP) is 4.81. The van der Waals surface area contributed by atoms with Crippen molar-refractivity contribution < 1.29 is 28.2 Å². The van der Waals surface area contributed by atoms with Gasteiger partial charge in [-0.3, -0.25) is 0 Å². The molecule has 0 fully saturated rings. The fraction of sp³-hybridized carbons (Fsp3) is 0.417. The molecule has 0 radical (unpaired) electrons. The number of benzene rings is 2. The summed E-state index contributed by atoms with van der Waals surface area (Å²) in [5.41, 5.74) is 0.877. The second-order valence-corrected chi connectivity index (χ2v) is 8.28. The fourth-order valence-corrected chi connectivity index (χ4v) is 3.20. The molecule has 0 saturated heterocycles. The number of nitrogens with one attached hydrogen (secondary N) is 1. The Bertz CT molecular complexity index is 895. The van der Waals surface area contributed by atoms with Crippen molar-refractivity contribution in [2.24, 2.45) is 0 Å². The highest BCUT2D eigenvalue weighted by atomic mass is 19.1. The van der Waals surface area contributed by atoms with Gasteiger partial charge in [-0.15, -0.1) is 0 Å². The fourth-order valence-electron chi connectivity index (χ4n) is 3.20. The van der Waals surface area contributed by atoms with Gasteiger partial charge >= 0.3 is 12.1 Å². The Morgan fingerprint density at radius 3 is 2.26 bits per heavy atom. The quantitative estimate of drug-likeness (QED) is 0.637. The minimum absolute atomic E-state index is 0.358. The maximum absolute atomic E-state index is 13.7. The zero-order valence-electron chi connectivity index (χ0n) is 18.8. The molecule has 1 N–H and O–H groups in total. The first-order valence-electron chi connectivity index (χ1n) is 10.1. The second-order valence-electron chi connectivity index (χ2n) is 8.28. The molecule has 0 saturated carbocycles. The lowest BCUT2D eigenvalue weighted by Gasteiger charge is -2.28. The first kappa shape index (κ1) is 24.2. The number of halogens is 1. The summed E-state index contributed by atoms with van der Waals surface area (Å²) in [4.78, 5) is 24.6. The number of alkyl carbamates (subject to hydrolysis) is 1. The van der Waals surface area contributed by atoms with E-state index in [1.807, 2.05) is 30.3 Å². The molecule has 6 nitrogen and oxygen atoms in total. The van der Waals surface area contributed by atoms with E-state index in [4.69, 9.17) is 14.2 Å². The number of methoxy groups -OCH3 is 1. The lowest BCUT2D eigenvalue weighted by atomic mass is 9.86. The number of rotatable bonds is 7. The molecule has 0 aliphatic carbocycles. The molecule has 0 spiro atoms. The van der Waals surface area contributed by atoms with Gasteiger partial charge in [0.15, 0.2) is 0 Å². The second kappa shape index (κ2) is 10.3. The summed E-state index contributed by atoms with van der Waals surface area (Å²) in [5, 5.41) is 2.48. The molecule has 31 heavy (non-hydrogen) atoms. The van der Waals surface area contributed by atoms with Gasteiger partial charge in [0.2, 0.25) is 0 Å². The van der Waals surface area contributed by atoms with Crippen LogP contribution in [0.4, 0.5) is 9.18 Å². The normalized spacial score (nSPS) is 14.2. The molecule has 2 aromatic carbocycles. The average Bonchev–Trinajstić information content (AvgIpc) is 2.68. The third kappa shape index (κ3) is 6.98. The van der Waals surface area contributed by atoms with Crippen molar-refractivity contribution in [1.29, 1.82) is 0 Å². The van der Waals surface area contributed by atoms with Crippen LogP contribution < -0.4 is 10.1 Å². The number of amides is 1. The molecule has 2 rings (SSSR count). The van der Waals surface area contributed by atoms with E-state index in [0.29, 0.717) is 11.3 Å². The van der Waals surface area contributed by atoms with Crippen LogP contribution in [0.3, 0.4) is 0 Å². The van der Waals surface area contributed by atoms with E-state index in [9.17, 15) is 14.0 Å². The minimum Gasteiger partial charge on any atom is -0.496 e. The Morgan fingerprint density at radius 1 is 1.03 bits per heavy atom. The van der Waals surface area contributed by atoms with Gasteiger partial charge in [0.05, 0.1) is 7.11 Å². The molecule has 1 amide bonds. The first-order valence-corrected chi connectivity index (χ1v) is 10.1. The summed E-state index contributed by atoms with van der Waals surface area (Å²) in [7, 11) is 1.46. The van der Waals surface area contributed by atoms with Crippen molar-refractivity contribution in [3.8, 4) is 5.75 Å². The summed E-state index contributed by atoms with van der Waals surface area (Å²) >= 11 is 0. The Hall–Kier alpha value is -3.09. The van der Waals surface area contributed by atoms with Gasteiger partial charge in [0, 0.05) is 17.5 Å². The first-order chi connectivity index (χ1) is 14.5. The van der Waals surface area contributed by atoms with Gasteiger partial charge < -0.3 is 19.5 Å². The predicted molar refractivity (Wildman–Crippen MR) is 116 cm³/mol. The number of hydrogen-bond acceptors (Lipinski definition) is 5. The lowest BCUT2D eigenvalue weighted by Crippen LogP contribution is -2.43. The average molecular weight is 432 g/mol. The molecule has 7 heteroatoms. The van der Waals surface area contributed by atoms with Crippen LogP contribution in [-0.4, -0.2) is 36.9 Å². The zero-order valence-corrected chi connectivity index (χ0v) is 18.8. The molecule has 0 aromatic heterocycles. The van der Waals surface area contributed by atoms with Gasteiger partial charge in [-0.25, -0.2) is 14.0 Å². The molecule has 0 unspecified atom stereocenters.